The molecular weight excluding hydrogens is 402 g/mol. The Balaban J connectivity index is 0.000000177. The number of aromatic nitrogens is 6. The van der Waals surface area contributed by atoms with E-state index in [1.54, 1.807) is 6.92 Å². The SMILES string of the molecule is Cc1nc2ncnc(-c3ccc(F)cc3F)c2nc1C.c1n[nH]cc1C1CCCCO1. The van der Waals surface area contributed by atoms with Gasteiger partial charge in [-0.1, -0.05) is 0 Å². The molecule has 0 spiro atoms. The van der Waals surface area contributed by atoms with E-state index in [2.05, 4.69) is 30.1 Å². The molecule has 0 aliphatic carbocycles. The lowest BCUT2D eigenvalue weighted by Crippen LogP contribution is -2.10. The van der Waals surface area contributed by atoms with Crippen LogP contribution in [0, 0.1) is 25.5 Å². The minimum absolute atomic E-state index is 0.177. The van der Waals surface area contributed by atoms with Crippen molar-refractivity contribution < 1.29 is 13.5 Å². The third kappa shape index (κ3) is 4.72. The number of hydrogen-bond acceptors (Lipinski definition) is 6. The van der Waals surface area contributed by atoms with Crippen LogP contribution in [0.2, 0.25) is 0 Å². The Bertz CT molecular complexity index is 1180. The summed E-state index contributed by atoms with van der Waals surface area (Å²) < 4.78 is 32.5. The van der Waals surface area contributed by atoms with Gasteiger partial charge in [0.15, 0.2) is 5.65 Å². The van der Waals surface area contributed by atoms with Crippen LogP contribution in [-0.2, 0) is 4.74 Å². The maximum absolute atomic E-state index is 13.9. The first-order valence-electron chi connectivity index (χ1n) is 10.0. The van der Waals surface area contributed by atoms with Gasteiger partial charge in [0.1, 0.15) is 29.2 Å². The minimum atomic E-state index is -0.690. The van der Waals surface area contributed by atoms with Crippen molar-refractivity contribution in [2.75, 3.05) is 6.61 Å². The van der Waals surface area contributed by atoms with Gasteiger partial charge in [0, 0.05) is 30.0 Å². The van der Waals surface area contributed by atoms with Gasteiger partial charge in [-0.15, -0.1) is 0 Å². The van der Waals surface area contributed by atoms with Crippen LogP contribution in [0.5, 0.6) is 0 Å². The van der Waals surface area contributed by atoms with E-state index in [1.807, 2.05) is 19.3 Å². The number of ether oxygens (including phenoxy) is 1. The summed E-state index contributed by atoms with van der Waals surface area (Å²) in [7, 11) is 0. The van der Waals surface area contributed by atoms with Crippen LogP contribution in [0.1, 0.15) is 42.3 Å². The van der Waals surface area contributed by atoms with Crippen molar-refractivity contribution in [1.29, 1.82) is 0 Å². The summed E-state index contributed by atoms with van der Waals surface area (Å²) >= 11 is 0. The summed E-state index contributed by atoms with van der Waals surface area (Å²) in [4.78, 5) is 16.8. The van der Waals surface area contributed by atoms with Gasteiger partial charge in [0.2, 0.25) is 0 Å². The Hall–Kier alpha value is -3.33. The van der Waals surface area contributed by atoms with E-state index in [-0.39, 0.29) is 5.56 Å². The maximum atomic E-state index is 13.9. The molecule has 160 valence electrons. The van der Waals surface area contributed by atoms with Crippen LogP contribution >= 0.6 is 0 Å². The molecule has 1 N–H and O–H groups in total. The molecule has 1 atom stereocenters. The average Bonchev–Trinajstić information content (AvgIpc) is 3.31. The van der Waals surface area contributed by atoms with E-state index in [0.717, 1.165) is 30.5 Å². The van der Waals surface area contributed by atoms with Crippen molar-refractivity contribution in [2.24, 2.45) is 0 Å². The van der Waals surface area contributed by atoms with E-state index in [4.69, 9.17) is 4.74 Å². The molecule has 3 aromatic heterocycles. The van der Waals surface area contributed by atoms with Crippen LogP contribution in [0.4, 0.5) is 8.78 Å². The summed E-state index contributed by atoms with van der Waals surface area (Å²) in [5.74, 6) is -1.33. The van der Waals surface area contributed by atoms with E-state index < -0.39 is 11.6 Å². The van der Waals surface area contributed by atoms with Gasteiger partial charge < -0.3 is 4.74 Å². The molecular formula is C22H22F2N6O. The highest BCUT2D eigenvalue weighted by Gasteiger charge is 2.16. The van der Waals surface area contributed by atoms with Crippen LogP contribution in [0.15, 0.2) is 36.9 Å². The lowest BCUT2D eigenvalue weighted by Gasteiger charge is -2.20. The first-order valence-corrected chi connectivity index (χ1v) is 10.0. The number of nitrogens with one attached hydrogen (secondary N) is 1. The average molecular weight is 424 g/mol. The summed E-state index contributed by atoms with van der Waals surface area (Å²) in [6.07, 6.45) is 8.96. The monoisotopic (exact) mass is 424 g/mol. The molecule has 1 aliphatic rings. The number of fused-ring (bicyclic) bond motifs is 1. The van der Waals surface area contributed by atoms with Gasteiger partial charge in [0.25, 0.3) is 0 Å². The number of rotatable bonds is 2. The van der Waals surface area contributed by atoms with Crippen molar-refractivity contribution in [1.82, 2.24) is 30.1 Å². The molecule has 5 rings (SSSR count). The Morgan fingerprint density at radius 2 is 1.90 bits per heavy atom. The highest BCUT2D eigenvalue weighted by atomic mass is 19.1. The molecule has 1 aromatic carbocycles. The lowest BCUT2D eigenvalue weighted by atomic mass is 10.1. The van der Waals surface area contributed by atoms with Crippen molar-refractivity contribution in [3.63, 3.8) is 0 Å². The number of nitrogens with zero attached hydrogens (tertiary/aromatic N) is 5. The fourth-order valence-corrected chi connectivity index (χ4v) is 3.36. The predicted octanol–water partition coefficient (Wildman–Crippen LogP) is 4.63. The van der Waals surface area contributed by atoms with Crippen LogP contribution in [-0.4, -0.2) is 36.7 Å². The molecule has 1 unspecified atom stereocenters. The third-order valence-corrected chi connectivity index (χ3v) is 5.14. The fraction of sp³-hybridized carbons (Fsp3) is 0.318. The number of halogens is 2. The van der Waals surface area contributed by atoms with Gasteiger partial charge >= 0.3 is 0 Å². The minimum Gasteiger partial charge on any atom is -0.373 e. The van der Waals surface area contributed by atoms with Crippen molar-refractivity contribution in [3.8, 4) is 11.3 Å². The second kappa shape index (κ2) is 9.22. The van der Waals surface area contributed by atoms with Crippen LogP contribution < -0.4 is 0 Å². The zero-order chi connectivity index (χ0) is 21.8. The second-order valence-electron chi connectivity index (χ2n) is 7.30. The lowest BCUT2D eigenvalue weighted by molar-refractivity contribution is 0.0150. The molecule has 1 saturated heterocycles. The Morgan fingerprint density at radius 3 is 2.61 bits per heavy atom. The predicted molar refractivity (Wildman–Crippen MR) is 111 cm³/mol. The summed E-state index contributed by atoms with van der Waals surface area (Å²) in [5, 5.41) is 6.69. The highest BCUT2D eigenvalue weighted by Crippen LogP contribution is 2.27. The molecule has 9 heteroatoms. The number of hydrogen-bond donors (Lipinski definition) is 1. The molecule has 0 bridgehead atoms. The van der Waals surface area contributed by atoms with Gasteiger partial charge in [-0.3, -0.25) is 5.10 Å². The summed E-state index contributed by atoms with van der Waals surface area (Å²) in [6, 6.07) is 3.34. The normalized spacial score (nSPS) is 16.1. The summed E-state index contributed by atoms with van der Waals surface area (Å²) in [5.41, 5.74) is 3.94. The smallest absolute Gasteiger partial charge is 0.182 e. The quantitative estimate of drug-likeness (QED) is 0.505. The Kier molecular flexibility index (Phi) is 6.22. The Morgan fingerprint density at radius 1 is 1.06 bits per heavy atom. The third-order valence-electron chi connectivity index (χ3n) is 5.14. The highest BCUT2D eigenvalue weighted by molar-refractivity contribution is 5.86. The van der Waals surface area contributed by atoms with Crippen LogP contribution in [0.3, 0.4) is 0 Å². The zero-order valence-electron chi connectivity index (χ0n) is 17.3. The van der Waals surface area contributed by atoms with Gasteiger partial charge in [-0.05, 0) is 45.2 Å². The van der Waals surface area contributed by atoms with Gasteiger partial charge in [-0.2, -0.15) is 5.10 Å². The first-order chi connectivity index (χ1) is 15.0. The summed E-state index contributed by atoms with van der Waals surface area (Å²) in [6.45, 7) is 4.53. The molecule has 4 aromatic rings. The number of aromatic amines is 1. The standard InChI is InChI=1S/C14H10F2N4.C8H12N2O/c1-7-8(2)20-14-13(19-7)12(17-6-18-14)10-4-3-9(15)5-11(10)16;1-2-4-11-8(3-1)7-5-9-10-6-7/h3-6H,1-2H3;5-6,8H,1-4H2,(H,9,10). The van der Waals surface area contributed by atoms with E-state index in [9.17, 15) is 8.78 Å². The topological polar surface area (TPSA) is 89.5 Å². The largest absolute Gasteiger partial charge is 0.373 e. The molecule has 1 fully saturated rings. The van der Waals surface area contributed by atoms with Crippen molar-refractivity contribution in [3.05, 3.63) is 65.5 Å². The second-order valence-corrected chi connectivity index (χ2v) is 7.30. The maximum Gasteiger partial charge on any atom is 0.182 e. The van der Waals surface area contributed by atoms with Gasteiger partial charge in [0.05, 0.1) is 23.7 Å². The van der Waals surface area contributed by atoms with Gasteiger partial charge in [-0.25, -0.2) is 28.7 Å². The molecule has 0 amide bonds. The zero-order valence-corrected chi connectivity index (χ0v) is 17.3. The molecule has 31 heavy (non-hydrogen) atoms. The van der Waals surface area contributed by atoms with E-state index >= 15 is 0 Å². The number of H-pyrrole nitrogens is 1. The van der Waals surface area contributed by atoms with Crippen molar-refractivity contribution in [2.45, 2.75) is 39.2 Å². The number of aryl methyl sites for hydroxylation is 2. The Labute approximate surface area is 178 Å². The van der Waals surface area contributed by atoms with Crippen molar-refractivity contribution >= 4 is 11.2 Å². The van der Waals surface area contributed by atoms with E-state index in [1.165, 1.54) is 36.9 Å². The fourth-order valence-electron chi connectivity index (χ4n) is 3.36. The molecule has 1 aliphatic heterocycles. The van der Waals surface area contributed by atoms with Crippen LogP contribution in [0.25, 0.3) is 22.4 Å². The number of benzene rings is 1. The molecule has 0 saturated carbocycles. The molecule has 4 heterocycles. The molecule has 0 radical (unpaired) electrons. The first kappa shape index (κ1) is 20.9. The molecule has 7 nitrogen and oxygen atoms in total. The van der Waals surface area contributed by atoms with E-state index in [0.29, 0.717) is 23.0 Å².